The molecule has 2 aliphatic rings. The molecule has 152 valence electrons. The van der Waals surface area contributed by atoms with E-state index in [0.717, 1.165) is 37.7 Å². The molecule has 0 unspecified atom stereocenters. The monoisotopic (exact) mass is 395 g/mol. The summed E-state index contributed by atoms with van der Waals surface area (Å²) < 4.78 is 5.40. The summed E-state index contributed by atoms with van der Waals surface area (Å²) in [5.74, 6) is 0.872. The number of ketones is 1. The molecule has 0 aliphatic carbocycles. The number of piperazine rings is 1. The molecule has 0 bridgehead atoms. The van der Waals surface area contributed by atoms with Crippen LogP contribution in [0.5, 0.6) is 0 Å². The quantitative estimate of drug-likeness (QED) is 0.726. The number of carbonyl (C=O) groups excluding carboxylic acids is 2. The maximum absolute atomic E-state index is 12.8. The van der Waals surface area contributed by atoms with Crippen LogP contribution < -0.4 is 9.80 Å². The molecule has 2 saturated heterocycles. The van der Waals surface area contributed by atoms with Crippen LogP contribution in [0.15, 0.2) is 36.5 Å². The number of carbonyl (C=O) groups is 2. The smallest absolute Gasteiger partial charge is 0.253 e. The van der Waals surface area contributed by atoms with E-state index in [4.69, 9.17) is 4.74 Å². The van der Waals surface area contributed by atoms with Gasteiger partial charge in [0.1, 0.15) is 0 Å². The van der Waals surface area contributed by atoms with Crippen LogP contribution in [0.3, 0.4) is 0 Å². The highest BCUT2D eigenvalue weighted by atomic mass is 16.5. The second-order valence-corrected chi connectivity index (χ2v) is 7.28. The number of aromatic nitrogens is 2. The largest absolute Gasteiger partial charge is 0.378 e. The molecule has 8 nitrogen and oxygen atoms in total. The van der Waals surface area contributed by atoms with Gasteiger partial charge in [-0.1, -0.05) is 12.1 Å². The molecule has 1 aromatic heterocycles. The summed E-state index contributed by atoms with van der Waals surface area (Å²) in [5, 5.41) is 8.44. The minimum atomic E-state index is 0.0000205. The van der Waals surface area contributed by atoms with E-state index in [2.05, 4.69) is 26.1 Å². The summed E-state index contributed by atoms with van der Waals surface area (Å²) in [7, 11) is 0. The standard InChI is InChI=1S/C21H25N5O3/c1-16(27)17-2-4-18(5-3-17)21(28)26-8-6-24(7-9-26)19-14-20(23-22-15-19)25-10-12-29-13-11-25/h2-5,14-15H,6-13H2,1H3. The Hall–Kier alpha value is -3.00. The van der Waals surface area contributed by atoms with Gasteiger partial charge in [-0.3, -0.25) is 9.59 Å². The highest BCUT2D eigenvalue weighted by molar-refractivity contribution is 5.97. The predicted molar refractivity (Wildman–Crippen MR) is 110 cm³/mol. The van der Waals surface area contributed by atoms with Crippen LogP contribution in [0.25, 0.3) is 0 Å². The molecule has 29 heavy (non-hydrogen) atoms. The van der Waals surface area contributed by atoms with Crippen LogP contribution in [0.4, 0.5) is 11.5 Å². The van der Waals surface area contributed by atoms with E-state index < -0.39 is 0 Å². The van der Waals surface area contributed by atoms with Crippen molar-refractivity contribution in [3.05, 3.63) is 47.7 Å². The Morgan fingerprint density at radius 1 is 0.897 bits per heavy atom. The van der Waals surface area contributed by atoms with Gasteiger partial charge in [0.15, 0.2) is 11.6 Å². The molecule has 1 amide bonds. The van der Waals surface area contributed by atoms with Crippen LogP contribution in [0, 0.1) is 0 Å². The van der Waals surface area contributed by atoms with Crippen molar-refractivity contribution in [1.82, 2.24) is 15.1 Å². The Bertz CT molecular complexity index is 872. The van der Waals surface area contributed by atoms with E-state index >= 15 is 0 Å². The zero-order valence-corrected chi connectivity index (χ0v) is 16.6. The third kappa shape index (κ3) is 4.37. The lowest BCUT2D eigenvalue weighted by atomic mass is 10.1. The zero-order valence-electron chi connectivity index (χ0n) is 16.6. The second-order valence-electron chi connectivity index (χ2n) is 7.28. The minimum Gasteiger partial charge on any atom is -0.378 e. The third-order valence-corrected chi connectivity index (χ3v) is 5.43. The van der Waals surface area contributed by atoms with Gasteiger partial charge >= 0.3 is 0 Å². The molecule has 2 fully saturated rings. The topological polar surface area (TPSA) is 78.9 Å². The number of ether oxygens (including phenoxy) is 1. The predicted octanol–water partition coefficient (Wildman–Crippen LogP) is 1.48. The SMILES string of the molecule is CC(=O)c1ccc(C(=O)N2CCN(c3cnnc(N4CCOCC4)c3)CC2)cc1. The molecular weight excluding hydrogens is 370 g/mol. The summed E-state index contributed by atoms with van der Waals surface area (Å²) in [4.78, 5) is 30.5. The van der Waals surface area contributed by atoms with Crippen molar-refractivity contribution in [1.29, 1.82) is 0 Å². The van der Waals surface area contributed by atoms with Crippen LogP contribution in [0.2, 0.25) is 0 Å². The second kappa shape index (κ2) is 8.57. The van der Waals surface area contributed by atoms with Crippen LogP contribution >= 0.6 is 0 Å². The number of amides is 1. The maximum Gasteiger partial charge on any atom is 0.253 e. The summed E-state index contributed by atoms with van der Waals surface area (Å²) in [5.41, 5.74) is 2.26. The number of rotatable bonds is 4. The van der Waals surface area contributed by atoms with Gasteiger partial charge in [0.25, 0.3) is 5.91 Å². The summed E-state index contributed by atoms with van der Waals surface area (Å²) >= 11 is 0. The first-order valence-electron chi connectivity index (χ1n) is 9.92. The maximum atomic E-state index is 12.8. The molecule has 4 rings (SSSR count). The third-order valence-electron chi connectivity index (χ3n) is 5.43. The molecule has 2 aliphatic heterocycles. The summed E-state index contributed by atoms with van der Waals surface area (Å²) in [6.45, 7) is 7.35. The number of hydrogen-bond acceptors (Lipinski definition) is 7. The Labute approximate surface area is 170 Å². The molecule has 0 saturated carbocycles. The van der Waals surface area contributed by atoms with Crippen molar-refractivity contribution in [3.63, 3.8) is 0 Å². The fraction of sp³-hybridized carbons (Fsp3) is 0.429. The lowest BCUT2D eigenvalue weighted by Crippen LogP contribution is -2.49. The minimum absolute atomic E-state index is 0.0000205. The van der Waals surface area contributed by atoms with E-state index in [1.54, 1.807) is 30.5 Å². The van der Waals surface area contributed by atoms with Gasteiger partial charge in [0.05, 0.1) is 25.1 Å². The van der Waals surface area contributed by atoms with E-state index in [-0.39, 0.29) is 11.7 Å². The van der Waals surface area contributed by atoms with Crippen LogP contribution in [-0.2, 0) is 4.74 Å². The summed E-state index contributed by atoms with van der Waals surface area (Å²) in [6, 6.07) is 8.94. The van der Waals surface area contributed by atoms with E-state index in [1.165, 1.54) is 6.92 Å². The Balaban J connectivity index is 1.37. The Morgan fingerprint density at radius 3 is 2.21 bits per heavy atom. The molecule has 0 radical (unpaired) electrons. The fourth-order valence-corrected chi connectivity index (χ4v) is 3.66. The van der Waals surface area contributed by atoms with Crippen molar-refractivity contribution < 1.29 is 14.3 Å². The van der Waals surface area contributed by atoms with Crippen molar-refractivity contribution in [3.8, 4) is 0 Å². The summed E-state index contributed by atoms with van der Waals surface area (Å²) in [6.07, 6.45) is 1.78. The number of benzene rings is 1. The van der Waals surface area contributed by atoms with Gasteiger partial charge in [-0.2, -0.15) is 5.10 Å². The van der Waals surface area contributed by atoms with E-state index in [0.29, 0.717) is 37.4 Å². The first-order valence-corrected chi connectivity index (χ1v) is 9.92. The molecule has 2 aromatic rings. The van der Waals surface area contributed by atoms with Crippen LogP contribution in [0.1, 0.15) is 27.6 Å². The average molecular weight is 395 g/mol. The van der Waals surface area contributed by atoms with Crippen LogP contribution in [-0.4, -0.2) is 79.3 Å². The van der Waals surface area contributed by atoms with Crippen molar-refractivity contribution in [2.24, 2.45) is 0 Å². The van der Waals surface area contributed by atoms with E-state index in [1.807, 2.05) is 4.90 Å². The van der Waals surface area contributed by atoms with Crippen molar-refractivity contribution in [2.75, 3.05) is 62.3 Å². The lowest BCUT2D eigenvalue weighted by Gasteiger charge is -2.36. The molecule has 0 spiro atoms. The van der Waals surface area contributed by atoms with Gasteiger partial charge in [0, 0.05) is 56.5 Å². The number of Topliss-reactive ketones (excluding diaryl/α,β-unsaturated/α-hetero) is 1. The van der Waals surface area contributed by atoms with Gasteiger partial charge in [-0.15, -0.1) is 5.10 Å². The first-order chi connectivity index (χ1) is 14.1. The number of nitrogens with zero attached hydrogens (tertiary/aromatic N) is 5. The number of anilines is 2. The van der Waals surface area contributed by atoms with Gasteiger partial charge in [-0.05, 0) is 19.1 Å². The van der Waals surface area contributed by atoms with Gasteiger partial charge < -0.3 is 19.4 Å². The highest BCUT2D eigenvalue weighted by Gasteiger charge is 2.23. The molecule has 8 heteroatoms. The molecular formula is C21H25N5O3. The van der Waals surface area contributed by atoms with Crippen molar-refractivity contribution >= 4 is 23.2 Å². The molecule has 3 heterocycles. The molecule has 0 atom stereocenters. The van der Waals surface area contributed by atoms with Gasteiger partial charge in [0.2, 0.25) is 0 Å². The zero-order chi connectivity index (χ0) is 20.2. The molecule has 0 N–H and O–H groups in total. The van der Waals surface area contributed by atoms with Gasteiger partial charge in [-0.25, -0.2) is 0 Å². The normalized spacial score (nSPS) is 17.3. The first kappa shape index (κ1) is 19.3. The van der Waals surface area contributed by atoms with Crippen molar-refractivity contribution in [2.45, 2.75) is 6.92 Å². The number of hydrogen-bond donors (Lipinski definition) is 0. The molecule has 1 aromatic carbocycles. The Kier molecular flexibility index (Phi) is 5.71. The fourth-order valence-electron chi connectivity index (χ4n) is 3.66. The highest BCUT2D eigenvalue weighted by Crippen LogP contribution is 2.21. The van der Waals surface area contributed by atoms with E-state index in [9.17, 15) is 9.59 Å². The Morgan fingerprint density at radius 2 is 1.55 bits per heavy atom. The number of morpholine rings is 1. The average Bonchev–Trinajstić information content (AvgIpc) is 2.79. The lowest BCUT2D eigenvalue weighted by molar-refractivity contribution is 0.0746.